The molecule has 0 radical (unpaired) electrons. The summed E-state index contributed by atoms with van der Waals surface area (Å²) in [4.78, 5) is 23.6. The average Bonchev–Trinajstić information content (AvgIpc) is 3.33. The summed E-state index contributed by atoms with van der Waals surface area (Å²) in [5, 5.41) is 15.8. The maximum Gasteiger partial charge on any atom is 0.311 e. The Labute approximate surface area is 145 Å². The first-order valence-electron chi connectivity index (χ1n) is 8.08. The molecule has 1 amide bonds. The third kappa shape index (κ3) is 3.50. The number of nitrogens with one attached hydrogen (secondary N) is 1. The first-order valence-corrected chi connectivity index (χ1v) is 8.08. The lowest BCUT2D eigenvalue weighted by molar-refractivity contribution is -0.143. The molecule has 7 heteroatoms. The second-order valence-corrected chi connectivity index (χ2v) is 6.36. The molecule has 0 aliphatic heterocycles. The number of aryl methyl sites for hydroxylation is 2. The molecule has 25 heavy (non-hydrogen) atoms. The van der Waals surface area contributed by atoms with Gasteiger partial charge in [-0.05, 0) is 38.8 Å². The SMILES string of the molecule is Cc1noc(C)c1COc1ccccc1C(=O)NCC1(C(=O)O)CC1. The standard InChI is InChI=1S/C18H20N2O5/c1-11-14(12(2)25-20-11)9-24-15-6-4-3-5-13(15)16(21)19-10-18(7-8-18)17(22)23/h3-6H,7-10H2,1-2H3,(H,19,21)(H,22,23). The van der Waals surface area contributed by atoms with Gasteiger partial charge in [-0.3, -0.25) is 9.59 Å². The number of aromatic nitrogens is 1. The van der Waals surface area contributed by atoms with Gasteiger partial charge in [0.25, 0.3) is 5.91 Å². The second kappa shape index (κ2) is 6.58. The Morgan fingerprint density at radius 2 is 2.04 bits per heavy atom. The van der Waals surface area contributed by atoms with Gasteiger partial charge in [0.15, 0.2) is 0 Å². The summed E-state index contributed by atoms with van der Waals surface area (Å²) in [6, 6.07) is 6.87. The molecule has 1 aromatic carbocycles. The van der Waals surface area contributed by atoms with Gasteiger partial charge < -0.3 is 19.7 Å². The van der Waals surface area contributed by atoms with Crippen LogP contribution in [0.4, 0.5) is 0 Å². The molecule has 1 aliphatic carbocycles. The van der Waals surface area contributed by atoms with Crippen LogP contribution < -0.4 is 10.1 Å². The van der Waals surface area contributed by atoms with Crippen molar-refractivity contribution < 1.29 is 24.0 Å². The number of para-hydroxylation sites is 1. The van der Waals surface area contributed by atoms with Crippen LogP contribution in [0.25, 0.3) is 0 Å². The predicted octanol–water partition coefficient (Wildman–Crippen LogP) is 2.47. The third-order valence-corrected chi connectivity index (χ3v) is 4.58. The number of carboxylic acids is 1. The number of rotatable bonds is 7. The van der Waals surface area contributed by atoms with Crippen LogP contribution in [-0.2, 0) is 11.4 Å². The van der Waals surface area contributed by atoms with E-state index in [-0.39, 0.29) is 19.1 Å². The van der Waals surface area contributed by atoms with Crippen molar-refractivity contribution in [3.8, 4) is 5.75 Å². The maximum atomic E-state index is 12.4. The van der Waals surface area contributed by atoms with Gasteiger partial charge in [-0.1, -0.05) is 17.3 Å². The van der Waals surface area contributed by atoms with Crippen molar-refractivity contribution in [3.63, 3.8) is 0 Å². The Balaban J connectivity index is 1.68. The number of hydrogen-bond donors (Lipinski definition) is 2. The number of carbonyl (C=O) groups excluding carboxylic acids is 1. The molecule has 0 atom stereocenters. The zero-order chi connectivity index (χ0) is 18.0. The number of nitrogens with zero attached hydrogens (tertiary/aromatic N) is 1. The summed E-state index contributed by atoms with van der Waals surface area (Å²) < 4.78 is 10.9. The van der Waals surface area contributed by atoms with Crippen LogP contribution in [-0.4, -0.2) is 28.7 Å². The molecule has 132 valence electrons. The fraction of sp³-hybridized carbons (Fsp3) is 0.389. The van der Waals surface area contributed by atoms with Crippen LogP contribution in [0.2, 0.25) is 0 Å². The molecule has 1 fully saturated rings. The maximum absolute atomic E-state index is 12.4. The van der Waals surface area contributed by atoms with Gasteiger partial charge in [-0.2, -0.15) is 0 Å². The Bertz CT molecular complexity index is 788. The Kier molecular flexibility index (Phi) is 4.48. The van der Waals surface area contributed by atoms with Gasteiger partial charge in [0.05, 0.1) is 22.2 Å². The minimum absolute atomic E-state index is 0.124. The highest BCUT2D eigenvalue weighted by molar-refractivity contribution is 5.97. The topological polar surface area (TPSA) is 102 Å². The largest absolute Gasteiger partial charge is 0.488 e. The summed E-state index contributed by atoms with van der Waals surface area (Å²) in [5.41, 5.74) is 1.16. The summed E-state index contributed by atoms with van der Waals surface area (Å²) in [7, 11) is 0. The molecule has 1 heterocycles. The lowest BCUT2D eigenvalue weighted by atomic mass is 10.1. The van der Waals surface area contributed by atoms with Crippen molar-refractivity contribution in [3.05, 3.63) is 46.8 Å². The van der Waals surface area contributed by atoms with E-state index in [1.165, 1.54) is 0 Å². The fourth-order valence-electron chi connectivity index (χ4n) is 2.60. The molecule has 0 bridgehead atoms. The number of aliphatic carboxylic acids is 1. The van der Waals surface area contributed by atoms with Crippen LogP contribution in [0, 0.1) is 19.3 Å². The lowest BCUT2D eigenvalue weighted by Gasteiger charge is -2.14. The highest BCUT2D eigenvalue weighted by Gasteiger charge is 2.50. The van der Waals surface area contributed by atoms with E-state index in [1.54, 1.807) is 31.2 Å². The molecule has 2 N–H and O–H groups in total. The highest BCUT2D eigenvalue weighted by Crippen LogP contribution is 2.45. The summed E-state index contributed by atoms with van der Waals surface area (Å²) in [6.07, 6.45) is 1.18. The van der Waals surface area contributed by atoms with Crippen LogP contribution in [0.1, 0.15) is 40.2 Å². The molecule has 0 saturated heterocycles. The van der Waals surface area contributed by atoms with E-state index in [1.807, 2.05) is 6.92 Å². The van der Waals surface area contributed by atoms with E-state index in [0.29, 0.717) is 29.9 Å². The molecule has 1 aromatic heterocycles. The van der Waals surface area contributed by atoms with Crippen LogP contribution in [0.5, 0.6) is 5.75 Å². The first-order chi connectivity index (χ1) is 11.9. The molecule has 0 spiro atoms. The number of benzene rings is 1. The van der Waals surface area contributed by atoms with Crippen molar-refractivity contribution in [2.75, 3.05) is 6.54 Å². The lowest BCUT2D eigenvalue weighted by Crippen LogP contribution is -2.34. The Hall–Kier alpha value is -2.83. The van der Waals surface area contributed by atoms with E-state index in [4.69, 9.17) is 9.26 Å². The number of carbonyl (C=O) groups is 2. The van der Waals surface area contributed by atoms with Gasteiger partial charge in [0, 0.05) is 6.54 Å². The van der Waals surface area contributed by atoms with Gasteiger partial charge in [-0.25, -0.2) is 0 Å². The van der Waals surface area contributed by atoms with E-state index < -0.39 is 11.4 Å². The number of ether oxygens (including phenoxy) is 1. The number of amides is 1. The molecule has 2 aromatic rings. The third-order valence-electron chi connectivity index (χ3n) is 4.58. The van der Waals surface area contributed by atoms with Gasteiger partial charge in [-0.15, -0.1) is 0 Å². The number of carboxylic acid groups (broad SMARTS) is 1. The van der Waals surface area contributed by atoms with Gasteiger partial charge >= 0.3 is 5.97 Å². The van der Waals surface area contributed by atoms with E-state index >= 15 is 0 Å². The van der Waals surface area contributed by atoms with Crippen molar-refractivity contribution in [2.24, 2.45) is 5.41 Å². The molecule has 7 nitrogen and oxygen atoms in total. The van der Waals surface area contributed by atoms with Crippen LogP contribution in [0.15, 0.2) is 28.8 Å². The molecule has 3 rings (SSSR count). The second-order valence-electron chi connectivity index (χ2n) is 6.36. The van der Waals surface area contributed by atoms with E-state index in [2.05, 4.69) is 10.5 Å². The summed E-state index contributed by atoms with van der Waals surface area (Å²) in [5.74, 6) is -0.102. The smallest absolute Gasteiger partial charge is 0.311 e. The Morgan fingerprint density at radius 1 is 1.32 bits per heavy atom. The van der Waals surface area contributed by atoms with Crippen molar-refractivity contribution in [2.45, 2.75) is 33.3 Å². The van der Waals surface area contributed by atoms with Gasteiger partial charge in [0.2, 0.25) is 0 Å². The first kappa shape index (κ1) is 17.0. The van der Waals surface area contributed by atoms with Crippen molar-refractivity contribution in [1.29, 1.82) is 0 Å². The number of hydrogen-bond acceptors (Lipinski definition) is 5. The monoisotopic (exact) mass is 344 g/mol. The van der Waals surface area contributed by atoms with Crippen LogP contribution in [0.3, 0.4) is 0 Å². The van der Waals surface area contributed by atoms with E-state index in [0.717, 1.165) is 11.3 Å². The minimum atomic E-state index is -0.865. The quantitative estimate of drug-likeness (QED) is 0.800. The highest BCUT2D eigenvalue weighted by atomic mass is 16.5. The summed E-state index contributed by atoms with van der Waals surface area (Å²) >= 11 is 0. The average molecular weight is 344 g/mol. The molecular formula is C18H20N2O5. The minimum Gasteiger partial charge on any atom is -0.488 e. The van der Waals surface area contributed by atoms with Crippen LogP contribution >= 0.6 is 0 Å². The predicted molar refractivity (Wildman–Crippen MR) is 88.4 cm³/mol. The molecule has 1 aliphatic rings. The zero-order valence-corrected chi connectivity index (χ0v) is 14.2. The van der Waals surface area contributed by atoms with Gasteiger partial charge in [0.1, 0.15) is 18.1 Å². The summed E-state index contributed by atoms with van der Waals surface area (Å²) in [6.45, 7) is 4.00. The zero-order valence-electron chi connectivity index (χ0n) is 14.2. The van der Waals surface area contributed by atoms with E-state index in [9.17, 15) is 14.7 Å². The van der Waals surface area contributed by atoms with Crippen molar-refractivity contribution in [1.82, 2.24) is 10.5 Å². The Morgan fingerprint density at radius 3 is 2.64 bits per heavy atom. The molecule has 1 saturated carbocycles. The van der Waals surface area contributed by atoms with Crippen molar-refractivity contribution >= 4 is 11.9 Å². The molecular weight excluding hydrogens is 324 g/mol. The normalized spacial score (nSPS) is 14.8. The molecule has 0 unspecified atom stereocenters. The fourth-order valence-corrected chi connectivity index (χ4v) is 2.60.